The summed E-state index contributed by atoms with van der Waals surface area (Å²) in [6.07, 6.45) is 3.77. The van der Waals surface area contributed by atoms with Gasteiger partial charge < -0.3 is 20.4 Å². The van der Waals surface area contributed by atoms with Gasteiger partial charge in [-0.1, -0.05) is 12.1 Å². The summed E-state index contributed by atoms with van der Waals surface area (Å²) in [5.74, 6) is 1.34. The van der Waals surface area contributed by atoms with Crippen LogP contribution in [0, 0.1) is 12.8 Å². The van der Waals surface area contributed by atoms with Gasteiger partial charge in [0.15, 0.2) is 0 Å². The summed E-state index contributed by atoms with van der Waals surface area (Å²) in [5, 5.41) is 11.6. The molecule has 1 heterocycles. The van der Waals surface area contributed by atoms with Gasteiger partial charge in [0, 0.05) is 37.9 Å². The van der Waals surface area contributed by atoms with Gasteiger partial charge >= 0.3 is 0 Å². The van der Waals surface area contributed by atoms with E-state index in [9.17, 15) is 0 Å². The van der Waals surface area contributed by atoms with Gasteiger partial charge in [0.25, 0.3) is 0 Å². The normalized spacial score (nSPS) is 14.2. The predicted molar refractivity (Wildman–Crippen MR) is 67.0 cm³/mol. The Bertz CT molecular complexity index is 374. The molecule has 1 rings (SSSR count). The summed E-state index contributed by atoms with van der Waals surface area (Å²) >= 11 is 0. The highest BCUT2D eigenvalue weighted by Crippen LogP contribution is 2.00. The lowest BCUT2D eigenvalue weighted by Crippen LogP contribution is -2.34. The molecule has 0 spiro atoms. The van der Waals surface area contributed by atoms with E-state index in [1.807, 2.05) is 27.1 Å². The van der Waals surface area contributed by atoms with Crippen molar-refractivity contribution in [3.05, 3.63) is 18.2 Å². The number of aromatic nitrogens is 2. The third-order valence-corrected chi connectivity index (χ3v) is 2.85. The lowest BCUT2D eigenvalue weighted by atomic mass is 10.1. The Hall–Kier alpha value is -1.56. The van der Waals surface area contributed by atoms with Gasteiger partial charge in [0.05, 0.1) is 0 Å². The Morgan fingerprint density at radius 1 is 1.71 bits per heavy atom. The Balaban J connectivity index is 2.35. The third kappa shape index (κ3) is 4.07. The molecule has 0 aromatic carbocycles. The second-order valence-corrected chi connectivity index (χ2v) is 4.36. The fourth-order valence-electron chi connectivity index (χ4n) is 1.67. The van der Waals surface area contributed by atoms with E-state index in [1.54, 1.807) is 6.20 Å². The number of hydrogen-bond acceptors (Lipinski definition) is 4. The molecule has 6 nitrogen and oxygen atoms in total. The van der Waals surface area contributed by atoms with Crippen molar-refractivity contribution in [1.29, 1.82) is 0 Å². The van der Waals surface area contributed by atoms with Gasteiger partial charge in [0.2, 0.25) is 0 Å². The first-order valence-corrected chi connectivity index (χ1v) is 5.68. The monoisotopic (exact) mass is 239 g/mol. The zero-order chi connectivity index (χ0) is 12.8. The maximum absolute atomic E-state index is 8.57. The molecule has 1 aromatic heterocycles. The van der Waals surface area contributed by atoms with Gasteiger partial charge in [-0.05, 0) is 14.0 Å². The van der Waals surface area contributed by atoms with Crippen LogP contribution in [0.2, 0.25) is 0 Å². The van der Waals surface area contributed by atoms with Crippen LogP contribution in [0.25, 0.3) is 0 Å². The molecule has 1 unspecified atom stereocenters. The maximum atomic E-state index is 8.57. The van der Waals surface area contributed by atoms with Crippen molar-refractivity contribution in [2.24, 2.45) is 16.8 Å². The predicted octanol–water partition coefficient (Wildman–Crippen LogP) is 0.506. The van der Waals surface area contributed by atoms with Gasteiger partial charge in [-0.25, -0.2) is 4.98 Å². The number of amidine groups is 1. The topological polar surface area (TPSA) is 79.7 Å². The molecule has 17 heavy (non-hydrogen) atoms. The third-order valence-electron chi connectivity index (χ3n) is 2.85. The molecule has 1 aromatic rings. The standard InChI is InChI=1S/C11H21N5O/c1-9(11(12)14-17)8-15(3)6-7-16-5-4-13-10(16)2/h4-5,9,17H,6-8H2,1-3H3,(H2,12,14). The molecule has 0 saturated heterocycles. The van der Waals surface area contributed by atoms with Gasteiger partial charge in [0.1, 0.15) is 11.7 Å². The van der Waals surface area contributed by atoms with Crippen molar-refractivity contribution >= 4 is 5.84 Å². The molecule has 3 N–H and O–H groups in total. The molecule has 0 aliphatic rings. The molecule has 96 valence electrons. The highest BCUT2D eigenvalue weighted by atomic mass is 16.4. The summed E-state index contributed by atoms with van der Waals surface area (Å²) in [6, 6.07) is 0. The van der Waals surface area contributed by atoms with E-state index in [-0.39, 0.29) is 11.8 Å². The molecular formula is C11H21N5O. The fraction of sp³-hybridized carbons (Fsp3) is 0.636. The number of hydrogen-bond donors (Lipinski definition) is 2. The van der Waals surface area contributed by atoms with Crippen LogP contribution in [0.1, 0.15) is 12.7 Å². The maximum Gasteiger partial charge on any atom is 0.143 e. The largest absolute Gasteiger partial charge is 0.409 e. The molecule has 0 aliphatic carbocycles. The minimum atomic E-state index is 0.0499. The van der Waals surface area contributed by atoms with Crippen LogP contribution < -0.4 is 5.73 Å². The van der Waals surface area contributed by atoms with Gasteiger partial charge in [-0.3, -0.25) is 0 Å². The smallest absolute Gasteiger partial charge is 0.143 e. The van der Waals surface area contributed by atoms with E-state index in [4.69, 9.17) is 10.9 Å². The quantitative estimate of drug-likeness (QED) is 0.328. The lowest BCUT2D eigenvalue weighted by Gasteiger charge is -2.20. The Morgan fingerprint density at radius 2 is 2.41 bits per heavy atom. The number of oxime groups is 1. The zero-order valence-electron chi connectivity index (χ0n) is 10.7. The average molecular weight is 239 g/mol. The number of aryl methyl sites for hydroxylation is 1. The van der Waals surface area contributed by atoms with Crippen molar-refractivity contribution in [2.45, 2.75) is 20.4 Å². The number of likely N-dealkylation sites (N-methyl/N-ethyl adjacent to an activating group) is 1. The molecule has 0 aliphatic heterocycles. The van der Waals surface area contributed by atoms with Crippen LogP contribution in [-0.4, -0.2) is 45.6 Å². The molecule has 0 bridgehead atoms. The van der Waals surface area contributed by atoms with E-state index < -0.39 is 0 Å². The van der Waals surface area contributed by atoms with E-state index in [0.29, 0.717) is 0 Å². The summed E-state index contributed by atoms with van der Waals surface area (Å²) in [6.45, 7) is 6.49. The van der Waals surface area contributed by atoms with E-state index >= 15 is 0 Å². The number of nitrogens with two attached hydrogens (primary N) is 1. The molecule has 0 fully saturated rings. The minimum Gasteiger partial charge on any atom is -0.409 e. The van der Waals surface area contributed by atoms with E-state index in [0.717, 1.165) is 25.5 Å². The summed E-state index contributed by atoms with van der Waals surface area (Å²) in [4.78, 5) is 6.32. The molecule has 0 amide bonds. The lowest BCUT2D eigenvalue weighted by molar-refractivity contribution is 0.287. The van der Waals surface area contributed by atoms with Crippen molar-refractivity contribution in [2.75, 3.05) is 20.1 Å². The summed E-state index contributed by atoms with van der Waals surface area (Å²) < 4.78 is 2.10. The van der Waals surface area contributed by atoms with Gasteiger partial charge in [-0.2, -0.15) is 0 Å². The Labute approximate surface area is 102 Å². The fourth-order valence-corrected chi connectivity index (χ4v) is 1.67. The van der Waals surface area contributed by atoms with Crippen LogP contribution in [0.4, 0.5) is 0 Å². The van der Waals surface area contributed by atoms with Crippen LogP contribution in [0.3, 0.4) is 0 Å². The van der Waals surface area contributed by atoms with Crippen LogP contribution >= 0.6 is 0 Å². The van der Waals surface area contributed by atoms with Crippen molar-refractivity contribution in [1.82, 2.24) is 14.5 Å². The highest BCUT2D eigenvalue weighted by molar-refractivity contribution is 5.82. The minimum absolute atomic E-state index is 0.0499. The van der Waals surface area contributed by atoms with Crippen LogP contribution in [0.15, 0.2) is 17.5 Å². The highest BCUT2D eigenvalue weighted by Gasteiger charge is 2.10. The van der Waals surface area contributed by atoms with Crippen molar-refractivity contribution in [3.8, 4) is 0 Å². The number of rotatable bonds is 6. The molecular weight excluding hydrogens is 218 g/mol. The van der Waals surface area contributed by atoms with Crippen LogP contribution in [0.5, 0.6) is 0 Å². The van der Waals surface area contributed by atoms with E-state index in [1.165, 1.54) is 0 Å². The molecule has 0 saturated carbocycles. The van der Waals surface area contributed by atoms with Gasteiger partial charge in [-0.15, -0.1) is 0 Å². The number of nitrogens with zero attached hydrogens (tertiary/aromatic N) is 4. The van der Waals surface area contributed by atoms with E-state index in [2.05, 4.69) is 19.6 Å². The second-order valence-electron chi connectivity index (χ2n) is 4.36. The number of imidazole rings is 1. The second kappa shape index (κ2) is 6.24. The molecule has 1 atom stereocenters. The first-order valence-electron chi connectivity index (χ1n) is 5.68. The Morgan fingerprint density at radius 3 is 2.94 bits per heavy atom. The molecule has 6 heteroatoms. The van der Waals surface area contributed by atoms with Crippen molar-refractivity contribution < 1.29 is 5.21 Å². The SMILES string of the molecule is Cc1nccn1CCN(C)CC(C)C(N)=NO. The van der Waals surface area contributed by atoms with Crippen molar-refractivity contribution in [3.63, 3.8) is 0 Å². The van der Waals surface area contributed by atoms with Crippen LogP contribution in [-0.2, 0) is 6.54 Å². The Kier molecular flexibility index (Phi) is 4.96. The summed E-state index contributed by atoms with van der Waals surface area (Å²) in [5.41, 5.74) is 5.54. The zero-order valence-corrected chi connectivity index (χ0v) is 10.7. The summed E-state index contributed by atoms with van der Waals surface area (Å²) in [7, 11) is 2.02. The first-order chi connectivity index (χ1) is 8.04. The molecule has 0 radical (unpaired) electrons. The average Bonchev–Trinajstić information content (AvgIpc) is 2.71. The first kappa shape index (κ1) is 13.5.